The summed E-state index contributed by atoms with van der Waals surface area (Å²) in [5.74, 6) is 0.717. The first-order chi connectivity index (χ1) is 11.2. The second-order valence-electron chi connectivity index (χ2n) is 6.57. The molecular formula is C19H20Br2O3. The lowest BCUT2D eigenvalue weighted by Crippen LogP contribution is -2.18. The van der Waals surface area contributed by atoms with Gasteiger partial charge in [0.05, 0.1) is 4.47 Å². The maximum absolute atomic E-state index is 12.0. The normalized spacial score (nSPS) is 11.2. The lowest BCUT2D eigenvalue weighted by molar-refractivity contribution is -0.136. The molecule has 0 heterocycles. The Morgan fingerprint density at radius 1 is 1.08 bits per heavy atom. The van der Waals surface area contributed by atoms with Crippen LogP contribution in [0.3, 0.4) is 0 Å². The van der Waals surface area contributed by atoms with Gasteiger partial charge in [0.15, 0.2) is 6.61 Å². The summed E-state index contributed by atoms with van der Waals surface area (Å²) < 4.78 is 12.6. The van der Waals surface area contributed by atoms with Gasteiger partial charge < -0.3 is 9.47 Å². The Bertz CT molecular complexity index is 708. The van der Waals surface area contributed by atoms with Crippen LogP contribution in [0.4, 0.5) is 0 Å². The second kappa shape index (κ2) is 7.70. The highest BCUT2D eigenvalue weighted by molar-refractivity contribution is 9.11. The van der Waals surface area contributed by atoms with Crippen molar-refractivity contribution in [3.05, 3.63) is 56.5 Å². The van der Waals surface area contributed by atoms with E-state index < -0.39 is 5.97 Å². The second-order valence-corrected chi connectivity index (χ2v) is 8.34. The summed E-state index contributed by atoms with van der Waals surface area (Å²) in [5.41, 5.74) is 2.18. The van der Waals surface area contributed by atoms with E-state index in [0.717, 1.165) is 14.5 Å². The van der Waals surface area contributed by atoms with Gasteiger partial charge in [-0.3, -0.25) is 0 Å². The first-order valence-electron chi connectivity index (χ1n) is 7.56. The molecule has 2 rings (SSSR count). The quantitative estimate of drug-likeness (QED) is 0.431. The standard InChI is InChI=1S/C19H20Br2O3/c1-12-9-14(20)10-16(21)18(12)23-11-17(22)24-15-7-5-13(6-8-15)19(2,3)4/h5-10H,11H2,1-4H3. The first-order valence-corrected chi connectivity index (χ1v) is 9.15. The molecule has 0 saturated heterocycles. The zero-order chi connectivity index (χ0) is 17.9. The molecule has 24 heavy (non-hydrogen) atoms. The van der Waals surface area contributed by atoms with E-state index in [9.17, 15) is 4.79 Å². The Morgan fingerprint density at radius 2 is 1.71 bits per heavy atom. The molecule has 5 heteroatoms. The topological polar surface area (TPSA) is 35.5 Å². The number of hydrogen-bond acceptors (Lipinski definition) is 3. The molecule has 0 amide bonds. The van der Waals surface area contributed by atoms with Gasteiger partial charge in [-0.05, 0) is 63.7 Å². The van der Waals surface area contributed by atoms with Crippen molar-refractivity contribution in [1.82, 2.24) is 0 Å². The van der Waals surface area contributed by atoms with E-state index in [1.807, 2.05) is 31.2 Å². The van der Waals surface area contributed by atoms with Crippen LogP contribution in [0.2, 0.25) is 0 Å². The summed E-state index contributed by atoms with van der Waals surface area (Å²) in [6.45, 7) is 8.18. The highest BCUT2D eigenvalue weighted by atomic mass is 79.9. The third-order valence-corrected chi connectivity index (χ3v) is 4.53. The maximum atomic E-state index is 12.0. The fourth-order valence-corrected chi connectivity index (χ4v) is 3.74. The highest BCUT2D eigenvalue weighted by Gasteiger charge is 2.14. The number of carbonyl (C=O) groups is 1. The van der Waals surface area contributed by atoms with E-state index in [1.54, 1.807) is 12.1 Å². The molecule has 0 radical (unpaired) electrons. The molecule has 2 aromatic rings. The maximum Gasteiger partial charge on any atom is 0.349 e. The predicted octanol–water partition coefficient (Wildman–Crippen LogP) is 5.80. The third kappa shape index (κ3) is 5.08. The van der Waals surface area contributed by atoms with E-state index in [0.29, 0.717) is 11.5 Å². The number of ether oxygens (including phenoxy) is 2. The fraction of sp³-hybridized carbons (Fsp3) is 0.316. The molecule has 0 aliphatic heterocycles. The molecule has 0 atom stereocenters. The summed E-state index contributed by atoms with van der Waals surface area (Å²) in [6, 6.07) is 11.4. The Hall–Kier alpha value is -1.33. The largest absolute Gasteiger partial charge is 0.480 e. The molecule has 0 aliphatic rings. The molecule has 0 aromatic heterocycles. The predicted molar refractivity (Wildman–Crippen MR) is 103 cm³/mol. The minimum absolute atomic E-state index is 0.0665. The molecule has 0 spiro atoms. The number of hydrogen-bond donors (Lipinski definition) is 0. The van der Waals surface area contributed by atoms with Crippen LogP contribution in [0.25, 0.3) is 0 Å². The Morgan fingerprint density at radius 3 is 2.25 bits per heavy atom. The van der Waals surface area contributed by atoms with E-state index >= 15 is 0 Å². The molecule has 3 nitrogen and oxygen atoms in total. The van der Waals surface area contributed by atoms with Crippen LogP contribution < -0.4 is 9.47 Å². The van der Waals surface area contributed by atoms with Gasteiger partial charge in [-0.2, -0.15) is 0 Å². The molecule has 128 valence electrons. The first kappa shape index (κ1) is 19.0. The van der Waals surface area contributed by atoms with Crippen LogP contribution in [0, 0.1) is 6.92 Å². The molecule has 0 unspecified atom stereocenters. The van der Waals surface area contributed by atoms with Crippen LogP contribution in [-0.4, -0.2) is 12.6 Å². The minimum atomic E-state index is -0.437. The zero-order valence-corrected chi connectivity index (χ0v) is 17.3. The van der Waals surface area contributed by atoms with Gasteiger partial charge in [0, 0.05) is 4.47 Å². The number of halogens is 2. The van der Waals surface area contributed by atoms with Gasteiger partial charge in [-0.1, -0.05) is 48.8 Å². The van der Waals surface area contributed by atoms with Crippen LogP contribution in [0.5, 0.6) is 11.5 Å². The van der Waals surface area contributed by atoms with Crippen molar-refractivity contribution >= 4 is 37.8 Å². The number of carbonyl (C=O) groups excluding carboxylic acids is 1. The smallest absolute Gasteiger partial charge is 0.349 e. The van der Waals surface area contributed by atoms with Crippen molar-refractivity contribution in [3.63, 3.8) is 0 Å². The Balaban J connectivity index is 1.97. The summed E-state index contributed by atoms with van der Waals surface area (Å²) >= 11 is 6.85. The molecule has 0 fully saturated rings. The van der Waals surface area contributed by atoms with Crippen LogP contribution >= 0.6 is 31.9 Å². The van der Waals surface area contributed by atoms with E-state index in [4.69, 9.17) is 9.47 Å². The summed E-state index contributed by atoms with van der Waals surface area (Å²) in [5, 5.41) is 0. The SMILES string of the molecule is Cc1cc(Br)cc(Br)c1OCC(=O)Oc1ccc(C(C)(C)C)cc1. The average Bonchev–Trinajstić information content (AvgIpc) is 2.45. The van der Waals surface area contributed by atoms with Crippen molar-refractivity contribution in [2.75, 3.05) is 6.61 Å². The molecule has 0 bridgehead atoms. The van der Waals surface area contributed by atoms with Gasteiger partial charge in [-0.15, -0.1) is 0 Å². The monoisotopic (exact) mass is 454 g/mol. The van der Waals surface area contributed by atoms with E-state index in [2.05, 4.69) is 52.6 Å². The molecule has 0 aliphatic carbocycles. The molecule has 0 N–H and O–H groups in total. The van der Waals surface area contributed by atoms with Gasteiger partial charge >= 0.3 is 5.97 Å². The highest BCUT2D eigenvalue weighted by Crippen LogP contribution is 2.32. The van der Waals surface area contributed by atoms with Crippen molar-refractivity contribution < 1.29 is 14.3 Å². The number of esters is 1. The van der Waals surface area contributed by atoms with Gasteiger partial charge in [-0.25, -0.2) is 4.79 Å². The Kier molecular flexibility index (Phi) is 6.10. The lowest BCUT2D eigenvalue weighted by atomic mass is 9.87. The third-order valence-electron chi connectivity index (χ3n) is 3.48. The van der Waals surface area contributed by atoms with E-state index in [-0.39, 0.29) is 12.0 Å². The summed E-state index contributed by atoms with van der Waals surface area (Å²) in [7, 11) is 0. The number of rotatable bonds is 4. The average molecular weight is 456 g/mol. The lowest BCUT2D eigenvalue weighted by Gasteiger charge is -2.19. The molecule has 0 saturated carbocycles. The molecule has 2 aromatic carbocycles. The van der Waals surface area contributed by atoms with Crippen molar-refractivity contribution in [1.29, 1.82) is 0 Å². The Labute approximate surface area is 159 Å². The van der Waals surface area contributed by atoms with Gasteiger partial charge in [0.1, 0.15) is 11.5 Å². The number of benzene rings is 2. The van der Waals surface area contributed by atoms with Crippen molar-refractivity contribution in [3.8, 4) is 11.5 Å². The summed E-state index contributed by atoms with van der Waals surface area (Å²) in [6.07, 6.45) is 0. The van der Waals surface area contributed by atoms with E-state index in [1.165, 1.54) is 5.56 Å². The molecular weight excluding hydrogens is 436 g/mol. The van der Waals surface area contributed by atoms with Crippen molar-refractivity contribution in [2.24, 2.45) is 0 Å². The minimum Gasteiger partial charge on any atom is -0.480 e. The van der Waals surface area contributed by atoms with Crippen LogP contribution in [0.15, 0.2) is 45.3 Å². The van der Waals surface area contributed by atoms with Crippen LogP contribution in [0.1, 0.15) is 31.9 Å². The van der Waals surface area contributed by atoms with Gasteiger partial charge in [0.25, 0.3) is 0 Å². The number of aryl methyl sites for hydroxylation is 1. The van der Waals surface area contributed by atoms with Crippen LogP contribution in [-0.2, 0) is 10.2 Å². The van der Waals surface area contributed by atoms with Gasteiger partial charge in [0.2, 0.25) is 0 Å². The van der Waals surface area contributed by atoms with Crippen molar-refractivity contribution in [2.45, 2.75) is 33.1 Å². The fourth-order valence-electron chi connectivity index (χ4n) is 2.19. The summed E-state index contributed by atoms with van der Waals surface area (Å²) in [4.78, 5) is 12.0. The zero-order valence-electron chi connectivity index (χ0n) is 14.2.